The summed E-state index contributed by atoms with van der Waals surface area (Å²) in [6.45, 7) is 3.42. The molecule has 2 unspecified atom stereocenters. The van der Waals surface area contributed by atoms with Crippen LogP contribution in [0.5, 0.6) is 0 Å². The summed E-state index contributed by atoms with van der Waals surface area (Å²) in [5, 5.41) is 8.42. The fraction of sp³-hybridized carbons (Fsp3) is 0.583. The van der Waals surface area contributed by atoms with Gasteiger partial charge in [-0.05, 0) is 25.0 Å². The Morgan fingerprint density at radius 3 is 2.72 bits per heavy atom. The van der Waals surface area contributed by atoms with Gasteiger partial charge in [0.2, 0.25) is 5.91 Å². The third kappa shape index (κ3) is 1.82. The van der Waals surface area contributed by atoms with Crippen LogP contribution in [0.1, 0.15) is 19.8 Å². The highest BCUT2D eigenvalue weighted by Crippen LogP contribution is 2.34. The van der Waals surface area contributed by atoms with Gasteiger partial charge in [-0.15, -0.1) is 10.2 Å². The van der Waals surface area contributed by atoms with Crippen LogP contribution in [0.25, 0.3) is 0 Å². The smallest absolute Gasteiger partial charge is 0.219 e. The predicted octanol–water partition coefficient (Wildman–Crippen LogP) is 1.33. The lowest BCUT2D eigenvalue weighted by molar-refractivity contribution is -0.129. The molecular weight excluding hydrogens is 252 g/mol. The Morgan fingerprint density at radius 2 is 2.06 bits per heavy atom. The maximum atomic E-state index is 11.5. The maximum absolute atomic E-state index is 11.5. The van der Waals surface area contributed by atoms with Crippen molar-refractivity contribution in [1.82, 2.24) is 15.1 Å². The van der Waals surface area contributed by atoms with E-state index in [-0.39, 0.29) is 5.91 Å². The number of aromatic nitrogens is 2. The van der Waals surface area contributed by atoms with Gasteiger partial charge in [0.1, 0.15) is 0 Å². The Kier molecular flexibility index (Phi) is 2.86. The zero-order valence-electron chi connectivity index (χ0n) is 10.2. The predicted molar refractivity (Wildman–Crippen MR) is 68.6 cm³/mol. The first kappa shape index (κ1) is 11.7. The van der Waals surface area contributed by atoms with Gasteiger partial charge in [-0.3, -0.25) is 4.79 Å². The molecule has 0 radical (unpaired) electrons. The molecule has 1 amide bonds. The molecule has 0 saturated carbocycles. The number of nitrogens with zero attached hydrogens (tertiary/aromatic N) is 4. The van der Waals surface area contributed by atoms with Crippen LogP contribution < -0.4 is 4.90 Å². The molecule has 0 aromatic carbocycles. The summed E-state index contributed by atoms with van der Waals surface area (Å²) in [4.78, 5) is 15.8. The van der Waals surface area contributed by atoms with Crippen LogP contribution in [0.3, 0.4) is 0 Å². The number of fused-ring (bicyclic) bond motifs is 1. The fourth-order valence-corrected chi connectivity index (χ4v) is 3.22. The van der Waals surface area contributed by atoms with Gasteiger partial charge in [-0.2, -0.15) is 0 Å². The molecule has 2 aliphatic heterocycles. The minimum absolute atomic E-state index is 0.173. The quantitative estimate of drug-likeness (QED) is 0.770. The Hall–Kier alpha value is -1.36. The fourth-order valence-electron chi connectivity index (χ4n) is 3.12. The second-order valence-electron chi connectivity index (χ2n) is 4.83. The first-order chi connectivity index (χ1) is 8.66. The average molecular weight is 267 g/mol. The Labute approximate surface area is 111 Å². The lowest BCUT2D eigenvalue weighted by atomic mass is 10.1. The third-order valence-corrected chi connectivity index (χ3v) is 4.09. The van der Waals surface area contributed by atoms with E-state index in [1.165, 1.54) is 0 Å². The molecule has 2 atom stereocenters. The van der Waals surface area contributed by atoms with Crippen LogP contribution in [-0.4, -0.2) is 46.2 Å². The van der Waals surface area contributed by atoms with Gasteiger partial charge in [0.15, 0.2) is 11.0 Å². The lowest BCUT2D eigenvalue weighted by Gasteiger charge is -2.25. The molecule has 2 fully saturated rings. The minimum atomic E-state index is 0.173. The average Bonchev–Trinajstić information content (AvgIpc) is 2.90. The number of hydrogen-bond donors (Lipinski definition) is 0. The van der Waals surface area contributed by atoms with Crippen LogP contribution in [-0.2, 0) is 4.79 Å². The third-order valence-electron chi connectivity index (χ3n) is 3.89. The molecule has 5 nitrogen and oxygen atoms in total. The minimum Gasteiger partial charge on any atom is -0.350 e. The molecule has 0 bridgehead atoms. The van der Waals surface area contributed by atoms with Crippen LogP contribution >= 0.6 is 11.6 Å². The number of halogens is 1. The van der Waals surface area contributed by atoms with E-state index in [9.17, 15) is 4.79 Å². The summed E-state index contributed by atoms with van der Waals surface area (Å²) in [7, 11) is 0. The highest BCUT2D eigenvalue weighted by Gasteiger charge is 2.43. The Balaban J connectivity index is 1.81. The summed E-state index contributed by atoms with van der Waals surface area (Å²) in [5.74, 6) is 1.03. The molecule has 18 heavy (non-hydrogen) atoms. The van der Waals surface area contributed by atoms with E-state index in [1.54, 1.807) is 13.0 Å². The first-order valence-corrected chi connectivity index (χ1v) is 6.57. The van der Waals surface area contributed by atoms with Gasteiger partial charge in [0.05, 0.1) is 12.1 Å². The molecule has 96 valence electrons. The van der Waals surface area contributed by atoms with Crippen molar-refractivity contribution in [1.29, 1.82) is 0 Å². The Bertz CT molecular complexity index is 464. The molecule has 0 aliphatic carbocycles. The van der Waals surface area contributed by atoms with Crippen LogP contribution in [0, 0.1) is 0 Å². The molecular formula is C12H15ClN4O. The molecule has 6 heteroatoms. The van der Waals surface area contributed by atoms with E-state index in [4.69, 9.17) is 11.6 Å². The number of carbonyl (C=O) groups is 1. The molecule has 2 saturated heterocycles. The van der Waals surface area contributed by atoms with Gasteiger partial charge in [-0.25, -0.2) is 0 Å². The van der Waals surface area contributed by atoms with Crippen molar-refractivity contribution in [3.8, 4) is 0 Å². The summed E-state index contributed by atoms with van der Waals surface area (Å²) in [6.07, 6.45) is 2.02. The standard InChI is InChI=1S/C12H15ClN4O/c1-8(18)16-6-4-10-9(16)5-7-17(10)12-3-2-11(13)14-15-12/h2-3,9-10H,4-7H2,1H3. The second kappa shape index (κ2) is 4.39. The van der Waals surface area contributed by atoms with Gasteiger partial charge in [0.25, 0.3) is 0 Å². The highest BCUT2D eigenvalue weighted by atomic mass is 35.5. The van der Waals surface area contributed by atoms with E-state index in [2.05, 4.69) is 15.1 Å². The van der Waals surface area contributed by atoms with E-state index in [0.717, 1.165) is 31.7 Å². The number of carbonyl (C=O) groups excluding carboxylic acids is 1. The van der Waals surface area contributed by atoms with Crippen molar-refractivity contribution in [3.63, 3.8) is 0 Å². The molecule has 3 rings (SSSR count). The number of amides is 1. The van der Waals surface area contributed by atoms with E-state index in [1.807, 2.05) is 11.0 Å². The second-order valence-corrected chi connectivity index (χ2v) is 5.22. The maximum Gasteiger partial charge on any atom is 0.219 e. The number of anilines is 1. The Morgan fingerprint density at radius 1 is 1.28 bits per heavy atom. The van der Waals surface area contributed by atoms with Crippen molar-refractivity contribution < 1.29 is 4.79 Å². The van der Waals surface area contributed by atoms with Crippen LogP contribution in [0.2, 0.25) is 5.15 Å². The summed E-state index contributed by atoms with van der Waals surface area (Å²) < 4.78 is 0. The van der Waals surface area contributed by atoms with Gasteiger partial charge in [0, 0.05) is 20.0 Å². The lowest BCUT2D eigenvalue weighted by Crippen LogP contribution is -2.38. The van der Waals surface area contributed by atoms with Crippen molar-refractivity contribution in [3.05, 3.63) is 17.3 Å². The molecule has 2 aliphatic rings. The largest absolute Gasteiger partial charge is 0.350 e. The van der Waals surface area contributed by atoms with Crippen molar-refractivity contribution >= 4 is 23.3 Å². The summed E-state index contributed by atoms with van der Waals surface area (Å²) >= 11 is 5.75. The number of rotatable bonds is 1. The van der Waals surface area contributed by atoms with Crippen molar-refractivity contribution in [2.75, 3.05) is 18.0 Å². The number of hydrogen-bond acceptors (Lipinski definition) is 4. The van der Waals surface area contributed by atoms with Crippen LogP contribution in [0.15, 0.2) is 12.1 Å². The number of likely N-dealkylation sites (tertiary alicyclic amines) is 1. The summed E-state index contributed by atoms with van der Waals surface area (Å²) in [5.41, 5.74) is 0. The van der Waals surface area contributed by atoms with Crippen molar-refractivity contribution in [2.24, 2.45) is 0 Å². The molecule has 1 aromatic rings. The van der Waals surface area contributed by atoms with Gasteiger partial charge in [-0.1, -0.05) is 11.6 Å². The van der Waals surface area contributed by atoms with Gasteiger partial charge >= 0.3 is 0 Å². The monoisotopic (exact) mass is 266 g/mol. The molecule has 3 heterocycles. The zero-order valence-corrected chi connectivity index (χ0v) is 11.0. The highest BCUT2D eigenvalue weighted by molar-refractivity contribution is 6.29. The first-order valence-electron chi connectivity index (χ1n) is 6.20. The van der Waals surface area contributed by atoms with E-state index < -0.39 is 0 Å². The summed E-state index contributed by atoms with van der Waals surface area (Å²) in [6, 6.07) is 4.37. The molecule has 1 aromatic heterocycles. The van der Waals surface area contributed by atoms with E-state index in [0.29, 0.717) is 17.2 Å². The zero-order chi connectivity index (χ0) is 12.7. The molecule has 0 spiro atoms. The van der Waals surface area contributed by atoms with Crippen LogP contribution in [0.4, 0.5) is 5.82 Å². The SMILES string of the molecule is CC(=O)N1CCC2C1CCN2c1ccc(Cl)nn1. The van der Waals surface area contributed by atoms with E-state index >= 15 is 0 Å². The normalized spacial score (nSPS) is 26.6. The topological polar surface area (TPSA) is 49.3 Å². The van der Waals surface area contributed by atoms with Gasteiger partial charge < -0.3 is 9.80 Å². The molecule has 0 N–H and O–H groups in total. The van der Waals surface area contributed by atoms with Crippen molar-refractivity contribution in [2.45, 2.75) is 31.8 Å².